The van der Waals surface area contributed by atoms with Crippen LogP contribution < -0.4 is 9.47 Å². The molecule has 8 nitrogen and oxygen atoms in total. The lowest BCUT2D eigenvalue weighted by Crippen LogP contribution is -2.36. The Balaban J connectivity index is 1.53. The SMILES string of the molecule is CCC(=Cc1oc2ccc3ccccc3c2[n+]1CCCS(=O)O)C=C1Sc2ccc(Cl)cc2N1CCCCS(=O)(=O)O. The van der Waals surface area contributed by atoms with Crippen LogP contribution in [0.2, 0.25) is 5.02 Å². The average molecular weight is 648 g/mol. The highest BCUT2D eigenvalue weighted by Gasteiger charge is 2.27. The van der Waals surface area contributed by atoms with E-state index in [9.17, 15) is 17.2 Å². The van der Waals surface area contributed by atoms with E-state index in [4.69, 9.17) is 20.6 Å². The first kappa shape index (κ1) is 30.8. The summed E-state index contributed by atoms with van der Waals surface area (Å²) >= 11 is 6.07. The van der Waals surface area contributed by atoms with Crippen molar-refractivity contribution in [3.05, 3.63) is 82.2 Å². The van der Waals surface area contributed by atoms with E-state index in [0.717, 1.165) is 49.5 Å². The van der Waals surface area contributed by atoms with Crippen LogP contribution in [0.1, 0.15) is 38.5 Å². The van der Waals surface area contributed by atoms with Gasteiger partial charge in [-0.2, -0.15) is 13.0 Å². The summed E-state index contributed by atoms with van der Waals surface area (Å²) in [6.07, 6.45) is 6.27. The van der Waals surface area contributed by atoms with Crippen molar-refractivity contribution in [3.63, 3.8) is 0 Å². The number of hydrogen-bond acceptors (Lipinski definition) is 6. The number of anilines is 1. The fourth-order valence-electron chi connectivity index (χ4n) is 5.08. The molecule has 42 heavy (non-hydrogen) atoms. The number of fused-ring (bicyclic) bond motifs is 4. The molecular formula is C30H32ClN2O6S3+. The number of nitrogens with zero attached hydrogens (tertiary/aromatic N) is 2. The van der Waals surface area contributed by atoms with Crippen LogP contribution in [-0.4, -0.2) is 39.8 Å². The van der Waals surface area contributed by atoms with Gasteiger partial charge in [-0.05, 0) is 66.6 Å². The topological polar surface area (TPSA) is 112 Å². The maximum atomic E-state index is 11.4. The smallest absolute Gasteiger partial charge is 0.374 e. The molecule has 0 aliphatic carbocycles. The number of aromatic nitrogens is 1. The molecule has 0 amide bonds. The minimum Gasteiger partial charge on any atom is -0.398 e. The van der Waals surface area contributed by atoms with Gasteiger partial charge in [-0.1, -0.05) is 54.6 Å². The Hall–Kier alpha value is -2.67. The lowest BCUT2D eigenvalue weighted by molar-refractivity contribution is -0.677. The van der Waals surface area contributed by atoms with Crippen LogP contribution in [-0.2, 0) is 27.7 Å². The summed E-state index contributed by atoms with van der Waals surface area (Å²) in [5.74, 6) is 0.546. The van der Waals surface area contributed by atoms with Crippen LogP contribution in [0.25, 0.3) is 27.9 Å². The zero-order chi connectivity index (χ0) is 29.9. The van der Waals surface area contributed by atoms with Gasteiger partial charge < -0.3 is 13.9 Å². The summed E-state index contributed by atoms with van der Waals surface area (Å²) in [5.41, 5.74) is 3.67. The van der Waals surface area contributed by atoms with Crippen LogP contribution in [0, 0.1) is 0 Å². The second kappa shape index (κ2) is 13.3. The van der Waals surface area contributed by atoms with Crippen molar-refractivity contribution in [1.29, 1.82) is 0 Å². The Morgan fingerprint density at radius 2 is 1.95 bits per heavy atom. The molecule has 1 atom stereocenters. The van der Waals surface area contributed by atoms with Gasteiger partial charge in [-0.25, -0.2) is 4.21 Å². The van der Waals surface area contributed by atoms with Crippen molar-refractivity contribution in [2.75, 3.05) is 23.0 Å². The van der Waals surface area contributed by atoms with Crippen molar-refractivity contribution in [1.82, 2.24) is 0 Å². The molecule has 2 N–H and O–H groups in total. The van der Waals surface area contributed by atoms with E-state index >= 15 is 0 Å². The molecule has 1 aromatic heterocycles. The molecule has 1 aliphatic heterocycles. The Morgan fingerprint density at radius 1 is 1.14 bits per heavy atom. The molecule has 4 aromatic rings. The molecule has 0 saturated heterocycles. The first-order valence-corrected chi connectivity index (χ1v) is 17.7. The van der Waals surface area contributed by atoms with E-state index in [-0.39, 0.29) is 11.5 Å². The summed E-state index contributed by atoms with van der Waals surface area (Å²) in [4.78, 5) is 3.19. The monoisotopic (exact) mass is 647 g/mol. The lowest BCUT2D eigenvalue weighted by Gasteiger charge is -2.21. The zero-order valence-corrected chi connectivity index (χ0v) is 26.2. The van der Waals surface area contributed by atoms with E-state index in [0.29, 0.717) is 43.3 Å². The molecule has 2 heterocycles. The van der Waals surface area contributed by atoms with Crippen molar-refractivity contribution in [2.45, 2.75) is 44.0 Å². The van der Waals surface area contributed by atoms with Crippen LogP contribution in [0.15, 0.2) is 80.6 Å². The number of halogens is 1. The Morgan fingerprint density at radius 3 is 2.71 bits per heavy atom. The first-order chi connectivity index (χ1) is 20.1. The average Bonchev–Trinajstić information content (AvgIpc) is 3.47. The number of allylic oxidation sites excluding steroid dienone is 2. The second-order valence-electron chi connectivity index (χ2n) is 10.0. The van der Waals surface area contributed by atoms with Gasteiger partial charge in [0.25, 0.3) is 15.6 Å². The van der Waals surface area contributed by atoms with Gasteiger partial charge in [-0.15, -0.1) is 0 Å². The Kier molecular flexibility index (Phi) is 9.76. The molecule has 3 aromatic carbocycles. The van der Waals surface area contributed by atoms with Crippen LogP contribution in [0.3, 0.4) is 0 Å². The maximum Gasteiger partial charge on any atom is 0.374 e. The molecule has 0 spiro atoms. The molecule has 12 heteroatoms. The molecule has 1 aliphatic rings. The van der Waals surface area contributed by atoms with Crippen LogP contribution >= 0.6 is 23.4 Å². The quantitative estimate of drug-likeness (QED) is 0.0728. The standard InChI is InChI=1S/C30H31ClN2O6S3/c1-2-21(19-29-32(14-5-6-17-42(36,37)38)25-20-23(31)11-13-27(25)40-29)18-28-33(15-7-16-41(34)35)30-24-9-4-3-8-22(24)10-12-26(30)39-28/h3-4,8-13,18-20H,2,5-7,14-17H2,1H3,(H-,34,35,36,37,38)/p+1. The Labute approximate surface area is 257 Å². The molecule has 222 valence electrons. The number of benzene rings is 3. The number of oxazole rings is 1. The van der Waals surface area contributed by atoms with Gasteiger partial charge in [0.15, 0.2) is 17.6 Å². The third-order valence-corrected chi connectivity index (χ3v) is 9.86. The number of aryl methyl sites for hydroxylation is 1. The van der Waals surface area contributed by atoms with Crippen molar-refractivity contribution < 1.29 is 30.7 Å². The zero-order valence-electron chi connectivity index (χ0n) is 23.0. The largest absolute Gasteiger partial charge is 0.398 e. The van der Waals surface area contributed by atoms with Crippen molar-refractivity contribution in [3.8, 4) is 0 Å². The Bertz CT molecular complexity index is 1820. The summed E-state index contributed by atoms with van der Waals surface area (Å²) in [6, 6.07) is 17.8. The predicted octanol–water partition coefficient (Wildman–Crippen LogP) is 7.05. The third kappa shape index (κ3) is 7.27. The van der Waals surface area contributed by atoms with Crippen LogP contribution in [0.5, 0.6) is 0 Å². The van der Waals surface area contributed by atoms with E-state index < -0.39 is 21.2 Å². The highest BCUT2D eigenvalue weighted by atomic mass is 35.5. The van der Waals surface area contributed by atoms with E-state index in [1.807, 2.05) is 48.5 Å². The summed E-state index contributed by atoms with van der Waals surface area (Å²) in [7, 11) is -4.01. The number of unbranched alkanes of at least 4 members (excludes halogenated alkanes) is 1. The van der Waals surface area contributed by atoms with E-state index in [1.54, 1.807) is 11.8 Å². The van der Waals surface area contributed by atoms with Gasteiger partial charge in [0, 0.05) is 22.9 Å². The van der Waals surface area contributed by atoms with Gasteiger partial charge in [-0.3, -0.25) is 4.55 Å². The molecule has 1 unspecified atom stereocenters. The predicted molar refractivity (Wildman–Crippen MR) is 171 cm³/mol. The van der Waals surface area contributed by atoms with E-state index in [1.165, 1.54) is 0 Å². The maximum absolute atomic E-state index is 11.4. The van der Waals surface area contributed by atoms with Crippen molar-refractivity contribution >= 4 is 78.2 Å². The summed E-state index contributed by atoms with van der Waals surface area (Å²) < 4.78 is 60.8. The van der Waals surface area contributed by atoms with Crippen LogP contribution in [0.4, 0.5) is 5.69 Å². The van der Waals surface area contributed by atoms with Crippen molar-refractivity contribution in [2.24, 2.45) is 0 Å². The highest BCUT2D eigenvalue weighted by molar-refractivity contribution is 8.03. The minimum atomic E-state index is -4.01. The lowest BCUT2D eigenvalue weighted by atomic mass is 10.1. The molecular weight excluding hydrogens is 616 g/mol. The minimum absolute atomic E-state index is 0.169. The fraction of sp³-hybridized carbons (Fsp3) is 0.300. The number of hydrogen-bond donors (Lipinski definition) is 2. The number of thioether (sulfide) groups is 1. The summed E-state index contributed by atoms with van der Waals surface area (Å²) in [6.45, 7) is 3.15. The van der Waals surface area contributed by atoms with Gasteiger partial charge in [0.1, 0.15) is 0 Å². The van der Waals surface area contributed by atoms with E-state index in [2.05, 4.69) is 34.6 Å². The third-order valence-electron chi connectivity index (χ3n) is 7.07. The number of rotatable bonds is 12. The van der Waals surface area contributed by atoms with Gasteiger partial charge in [0.2, 0.25) is 5.58 Å². The van der Waals surface area contributed by atoms with Gasteiger partial charge in [0.05, 0.1) is 33.7 Å². The molecule has 0 saturated carbocycles. The molecule has 5 rings (SSSR count). The normalized spacial score (nSPS) is 15.7. The summed E-state index contributed by atoms with van der Waals surface area (Å²) in [5, 5.41) is 3.73. The molecule has 0 bridgehead atoms. The second-order valence-corrected chi connectivity index (χ2v) is 14.1. The first-order valence-electron chi connectivity index (χ1n) is 13.7. The van der Waals surface area contributed by atoms with Gasteiger partial charge >= 0.3 is 5.89 Å². The highest BCUT2D eigenvalue weighted by Crippen LogP contribution is 2.47. The molecule has 0 radical (unpaired) electrons. The fourth-order valence-corrected chi connectivity index (χ4v) is 7.34. The molecule has 0 fully saturated rings.